The number of hydrogen-bond donors (Lipinski definition) is 1. The Balaban J connectivity index is 2.47. The first-order valence-corrected chi connectivity index (χ1v) is 4.52. The predicted octanol–water partition coefficient (Wildman–Crippen LogP) is -0.0944. The summed E-state index contributed by atoms with van der Waals surface area (Å²) in [5.74, 6) is 0. The highest BCUT2D eigenvalue weighted by Crippen LogP contribution is 1.96. The van der Waals surface area contributed by atoms with Gasteiger partial charge >= 0.3 is 0 Å². The van der Waals surface area contributed by atoms with Gasteiger partial charge in [0.25, 0.3) is 5.56 Å². The van der Waals surface area contributed by atoms with E-state index in [1.807, 2.05) is 0 Å². The van der Waals surface area contributed by atoms with Gasteiger partial charge in [0.2, 0.25) is 0 Å². The lowest BCUT2D eigenvalue weighted by atomic mass is 10.6. The van der Waals surface area contributed by atoms with E-state index in [-0.39, 0.29) is 23.9 Å². The van der Waals surface area contributed by atoms with Gasteiger partial charge in [0, 0.05) is 6.07 Å². The topological polar surface area (TPSA) is 64.4 Å². The van der Waals surface area contributed by atoms with Crippen molar-refractivity contribution in [1.29, 1.82) is 0 Å². The van der Waals surface area contributed by atoms with Crippen LogP contribution in [0.1, 0.15) is 0 Å². The number of aliphatic hydroxyl groups excluding tert-OH is 1. The zero-order valence-electron chi connectivity index (χ0n) is 7.52. The minimum Gasteiger partial charge on any atom is -0.394 e. The van der Waals surface area contributed by atoms with Crippen molar-refractivity contribution in [2.75, 3.05) is 19.8 Å². The number of nitrogens with zero attached hydrogens (tertiary/aromatic N) is 2. The number of halogens is 1. The second-order valence-corrected chi connectivity index (χ2v) is 2.97. The molecule has 0 aliphatic carbocycles. The summed E-state index contributed by atoms with van der Waals surface area (Å²) in [7, 11) is 0. The molecular weight excluding hydrogens is 208 g/mol. The molecule has 0 bridgehead atoms. The number of hydrogen-bond acceptors (Lipinski definition) is 4. The van der Waals surface area contributed by atoms with Gasteiger partial charge < -0.3 is 9.84 Å². The van der Waals surface area contributed by atoms with Crippen molar-refractivity contribution in [2.45, 2.75) is 6.54 Å². The highest BCUT2D eigenvalue weighted by Gasteiger charge is 1.97. The van der Waals surface area contributed by atoms with E-state index in [1.54, 1.807) is 0 Å². The van der Waals surface area contributed by atoms with Crippen LogP contribution in [0.3, 0.4) is 0 Å². The van der Waals surface area contributed by atoms with Crippen LogP contribution in [0.2, 0.25) is 5.15 Å². The zero-order chi connectivity index (χ0) is 10.4. The molecule has 0 spiro atoms. The van der Waals surface area contributed by atoms with Gasteiger partial charge in [-0.2, -0.15) is 0 Å². The molecule has 0 aliphatic rings. The summed E-state index contributed by atoms with van der Waals surface area (Å²) in [5.41, 5.74) is -0.211. The van der Waals surface area contributed by atoms with Crippen LogP contribution in [0.15, 0.2) is 17.2 Å². The van der Waals surface area contributed by atoms with E-state index in [0.29, 0.717) is 13.2 Å². The summed E-state index contributed by atoms with van der Waals surface area (Å²) in [6.45, 7) is 1.02. The number of rotatable bonds is 5. The van der Waals surface area contributed by atoms with Gasteiger partial charge in [0.15, 0.2) is 0 Å². The van der Waals surface area contributed by atoms with Crippen molar-refractivity contribution < 1.29 is 9.84 Å². The van der Waals surface area contributed by atoms with Gasteiger partial charge in [-0.15, -0.1) is 0 Å². The molecule has 0 atom stereocenters. The Labute approximate surface area is 85.9 Å². The van der Waals surface area contributed by atoms with Gasteiger partial charge in [0.05, 0.1) is 32.7 Å². The van der Waals surface area contributed by atoms with Gasteiger partial charge in [-0.3, -0.25) is 9.36 Å². The fraction of sp³-hybridized carbons (Fsp3) is 0.500. The first-order valence-electron chi connectivity index (χ1n) is 4.14. The van der Waals surface area contributed by atoms with Crippen LogP contribution in [-0.2, 0) is 11.3 Å². The second-order valence-electron chi connectivity index (χ2n) is 2.58. The van der Waals surface area contributed by atoms with E-state index in [2.05, 4.69) is 4.98 Å². The Bertz CT molecular complexity index is 340. The molecule has 0 aliphatic heterocycles. The molecule has 1 heterocycles. The Hall–Kier alpha value is -0.910. The third kappa shape index (κ3) is 3.45. The van der Waals surface area contributed by atoms with E-state index in [1.165, 1.54) is 17.0 Å². The second kappa shape index (κ2) is 5.74. The quantitative estimate of drug-likeness (QED) is 0.554. The number of aromatic nitrogens is 2. The summed E-state index contributed by atoms with van der Waals surface area (Å²) < 4.78 is 6.39. The Kier molecular flexibility index (Phi) is 4.58. The summed E-state index contributed by atoms with van der Waals surface area (Å²) in [4.78, 5) is 15.0. The Morgan fingerprint density at radius 1 is 1.57 bits per heavy atom. The molecule has 6 heteroatoms. The van der Waals surface area contributed by atoms with E-state index < -0.39 is 0 Å². The monoisotopic (exact) mass is 218 g/mol. The Morgan fingerprint density at radius 3 is 3.00 bits per heavy atom. The molecule has 78 valence electrons. The van der Waals surface area contributed by atoms with Gasteiger partial charge in [0.1, 0.15) is 5.15 Å². The average Bonchev–Trinajstić information content (AvgIpc) is 2.15. The first kappa shape index (κ1) is 11.2. The molecule has 0 unspecified atom stereocenters. The van der Waals surface area contributed by atoms with Crippen molar-refractivity contribution in [3.63, 3.8) is 0 Å². The molecule has 0 saturated heterocycles. The van der Waals surface area contributed by atoms with Crippen LogP contribution in [0.5, 0.6) is 0 Å². The molecule has 14 heavy (non-hydrogen) atoms. The summed E-state index contributed by atoms with van der Waals surface area (Å²) >= 11 is 5.51. The average molecular weight is 219 g/mol. The maximum absolute atomic E-state index is 11.2. The van der Waals surface area contributed by atoms with E-state index in [9.17, 15) is 4.79 Å². The summed E-state index contributed by atoms with van der Waals surface area (Å²) in [6, 6.07) is 1.24. The minimum atomic E-state index is -0.211. The van der Waals surface area contributed by atoms with E-state index >= 15 is 0 Å². The maximum atomic E-state index is 11.2. The number of ether oxygens (including phenoxy) is 1. The third-order valence-electron chi connectivity index (χ3n) is 1.56. The molecule has 0 amide bonds. The van der Waals surface area contributed by atoms with Crippen LogP contribution < -0.4 is 5.56 Å². The van der Waals surface area contributed by atoms with Gasteiger partial charge in [-0.05, 0) is 0 Å². The van der Waals surface area contributed by atoms with Crippen molar-refractivity contribution in [3.05, 3.63) is 27.9 Å². The molecule has 1 rings (SSSR count). The van der Waals surface area contributed by atoms with Crippen LogP contribution in [0.4, 0.5) is 0 Å². The van der Waals surface area contributed by atoms with Crippen LogP contribution >= 0.6 is 11.6 Å². The zero-order valence-corrected chi connectivity index (χ0v) is 8.28. The summed E-state index contributed by atoms with van der Waals surface area (Å²) in [5, 5.41) is 8.61. The predicted molar refractivity (Wildman–Crippen MR) is 51.4 cm³/mol. The van der Waals surface area contributed by atoms with Crippen molar-refractivity contribution >= 4 is 11.6 Å². The highest BCUT2D eigenvalue weighted by atomic mass is 35.5. The lowest BCUT2D eigenvalue weighted by molar-refractivity contribution is 0.0864. The normalized spacial score (nSPS) is 10.4. The molecule has 0 saturated carbocycles. The van der Waals surface area contributed by atoms with Crippen LogP contribution in [0.25, 0.3) is 0 Å². The fourth-order valence-electron chi connectivity index (χ4n) is 0.901. The summed E-state index contributed by atoms with van der Waals surface area (Å²) in [6.07, 6.45) is 1.37. The van der Waals surface area contributed by atoms with Gasteiger partial charge in [-0.25, -0.2) is 4.98 Å². The lowest BCUT2D eigenvalue weighted by Crippen LogP contribution is -2.22. The molecule has 1 aromatic heterocycles. The Morgan fingerprint density at radius 2 is 2.36 bits per heavy atom. The maximum Gasteiger partial charge on any atom is 0.254 e. The largest absolute Gasteiger partial charge is 0.394 e. The highest BCUT2D eigenvalue weighted by molar-refractivity contribution is 6.29. The minimum absolute atomic E-state index is 0.0201. The van der Waals surface area contributed by atoms with E-state index in [4.69, 9.17) is 21.4 Å². The fourth-order valence-corrected chi connectivity index (χ4v) is 1.04. The van der Waals surface area contributed by atoms with Crippen LogP contribution in [-0.4, -0.2) is 34.5 Å². The lowest BCUT2D eigenvalue weighted by Gasteiger charge is -2.04. The molecular formula is C8H11ClN2O3. The van der Waals surface area contributed by atoms with Crippen molar-refractivity contribution in [2.24, 2.45) is 0 Å². The number of aliphatic hydroxyl groups is 1. The van der Waals surface area contributed by atoms with Crippen molar-refractivity contribution in [3.8, 4) is 0 Å². The molecule has 1 N–H and O–H groups in total. The molecule has 0 fully saturated rings. The molecule has 0 radical (unpaired) electrons. The van der Waals surface area contributed by atoms with Crippen molar-refractivity contribution in [1.82, 2.24) is 9.55 Å². The molecule has 1 aromatic rings. The SMILES string of the molecule is O=c1cc(Cl)ncn1CCOCCO. The molecule has 5 nitrogen and oxygen atoms in total. The van der Waals surface area contributed by atoms with Crippen LogP contribution in [0, 0.1) is 0 Å². The third-order valence-corrected chi connectivity index (χ3v) is 1.76. The van der Waals surface area contributed by atoms with Gasteiger partial charge in [-0.1, -0.05) is 11.6 Å². The van der Waals surface area contributed by atoms with E-state index in [0.717, 1.165) is 0 Å². The smallest absolute Gasteiger partial charge is 0.254 e. The standard InChI is InChI=1S/C8H11ClN2O3/c9-7-5-8(13)11(6-10-7)1-3-14-4-2-12/h5-6,12H,1-4H2. The first-order chi connectivity index (χ1) is 6.74. The molecule has 0 aromatic carbocycles.